The molecule has 0 bridgehead atoms. The Balaban J connectivity index is 1.69. The first-order valence-electron chi connectivity index (χ1n) is 8.79. The number of morpholine rings is 1. The van der Waals surface area contributed by atoms with Gasteiger partial charge in [-0.25, -0.2) is 0 Å². The largest absolute Gasteiger partial charge is 0.545 e. The van der Waals surface area contributed by atoms with Crippen molar-refractivity contribution in [2.75, 3.05) is 36.1 Å². The van der Waals surface area contributed by atoms with E-state index >= 15 is 0 Å². The van der Waals surface area contributed by atoms with E-state index in [1.807, 2.05) is 17.1 Å². The van der Waals surface area contributed by atoms with Gasteiger partial charge in [-0.3, -0.25) is 14.5 Å². The fourth-order valence-electron chi connectivity index (χ4n) is 3.96. The van der Waals surface area contributed by atoms with E-state index in [1.165, 1.54) is 6.07 Å². The molecule has 7 heteroatoms. The first kappa shape index (κ1) is 16.8. The van der Waals surface area contributed by atoms with Crippen LogP contribution >= 0.6 is 0 Å². The van der Waals surface area contributed by atoms with Gasteiger partial charge in [-0.15, -0.1) is 0 Å². The number of ether oxygens (including phenoxy) is 1. The topological polar surface area (TPSA) is 90.0 Å². The van der Waals surface area contributed by atoms with Gasteiger partial charge in [-0.05, 0) is 31.0 Å². The molecule has 0 saturated carbocycles. The number of fused-ring (bicyclic) bond motifs is 1. The average Bonchev–Trinajstić information content (AvgIpc) is 2.93. The highest BCUT2D eigenvalue weighted by molar-refractivity contribution is 6.22. The highest BCUT2D eigenvalue weighted by Crippen LogP contribution is 2.38. The van der Waals surface area contributed by atoms with Gasteiger partial charge in [0.25, 0.3) is 0 Å². The number of hydrogen-bond donors (Lipinski definition) is 0. The van der Waals surface area contributed by atoms with Crippen LogP contribution in [0, 0.1) is 11.8 Å². The summed E-state index contributed by atoms with van der Waals surface area (Å²) in [5.41, 5.74) is 0.804. The quantitative estimate of drug-likeness (QED) is 0.574. The monoisotopic (exact) mass is 355 g/mol. The van der Waals surface area contributed by atoms with Gasteiger partial charge >= 0.3 is 0 Å². The summed E-state index contributed by atoms with van der Waals surface area (Å²) in [4.78, 5) is 40.1. The van der Waals surface area contributed by atoms with Crippen LogP contribution in [-0.4, -0.2) is 44.1 Å². The molecule has 0 N–H and O–H groups in total. The number of hydrogen-bond acceptors (Lipinski definition) is 6. The summed E-state index contributed by atoms with van der Waals surface area (Å²) in [5, 5.41) is 11.7. The number of benzene rings is 1. The number of amides is 2. The standard InChI is InChI=1S/C19H20N2O5/c22-17-13-3-1-2-4-14(13)18(23)21(17)12-5-6-16(15(11-12)19(24)25)20-7-9-26-10-8-20/h1-2,5-6,11,13-14H,3-4,7-10H2,(H,24,25)/p-1/t13-,14+. The van der Waals surface area contributed by atoms with Crippen LogP contribution in [0.1, 0.15) is 23.2 Å². The van der Waals surface area contributed by atoms with Gasteiger partial charge in [-0.1, -0.05) is 12.2 Å². The Morgan fingerprint density at radius 3 is 2.23 bits per heavy atom. The van der Waals surface area contributed by atoms with Crippen LogP contribution in [0.15, 0.2) is 30.4 Å². The van der Waals surface area contributed by atoms with Gasteiger partial charge in [0.2, 0.25) is 11.8 Å². The van der Waals surface area contributed by atoms with Gasteiger partial charge in [0.1, 0.15) is 0 Å². The molecule has 1 aromatic carbocycles. The maximum atomic E-state index is 12.7. The minimum atomic E-state index is -1.33. The van der Waals surface area contributed by atoms with Crippen molar-refractivity contribution in [2.24, 2.45) is 11.8 Å². The lowest BCUT2D eigenvalue weighted by atomic mass is 9.85. The van der Waals surface area contributed by atoms with E-state index in [2.05, 4.69) is 0 Å². The van der Waals surface area contributed by atoms with Crippen molar-refractivity contribution in [1.29, 1.82) is 0 Å². The van der Waals surface area contributed by atoms with E-state index < -0.39 is 5.97 Å². The smallest absolute Gasteiger partial charge is 0.238 e. The summed E-state index contributed by atoms with van der Waals surface area (Å²) >= 11 is 0. The first-order valence-corrected chi connectivity index (χ1v) is 8.79. The SMILES string of the molecule is O=C([O-])c1cc(N2C(=O)[C@H]3CC=CC[C@H]3C2=O)ccc1N1CCOCC1. The lowest BCUT2D eigenvalue weighted by Crippen LogP contribution is -2.38. The maximum absolute atomic E-state index is 12.7. The van der Waals surface area contributed by atoms with Crippen LogP contribution in [0.2, 0.25) is 0 Å². The van der Waals surface area contributed by atoms with Crippen molar-refractivity contribution in [2.45, 2.75) is 12.8 Å². The first-order chi connectivity index (χ1) is 12.6. The molecular formula is C19H19N2O5-. The van der Waals surface area contributed by atoms with E-state index in [0.29, 0.717) is 50.5 Å². The zero-order valence-corrected chi connectivity index (χ0v) is 14.2. The second-order valence-electron chi connectivity index (χ2n) is 6.76. The Morgan fingerprint density at radius 2 is 1.65 bits per heavy atom. The summed E-state index contributed by atoms with van der Waals surface area (Å²) in [6.45, 7) is 2.20. The van der Waals surface area contributed by atoms with Gasteiger partial charge in [-0.2, -0.15) is 0 Å². The van der Waals surface area contributed by atoms with Crippen LogP contribution in [0.4, 0.5) is 11.4 Å². The summed E-state index contributed by atoms with van der Waals surface area (Å²) in [6, 6.07) is 4.66. The molecule has 2 amide bonds. The van der Waals surface area contributed by atoms with Crippen LogP contribution in [0.3, 0.4) is 0 Å². The zero-order valence-electron chi connectivity index (χ0n) is 14.2. The molecule has 1 aliphatic carbocycles. The number of aromatic carboxylic acids is 1. The number of anilines is 2. The molecule has 2 saturated heterocycles. The van der Waals surface area contributed by atoms with E-state index in [4.69, 9.17) is 4.74 Å². The van der Waals surface area contributed by atoms with Gasteiger partial charge < -0.3 is 19.5 Å². The molecule has 0 unspecified atom stereocenters. The molecule has 7 nitrogen and oxygen atoms in total. The van der Waals surface area contributed by atoms with E-state index in [-0.39, 0.29) is 29.2 Å². The Bertz CT molecular complexity index is 771. The molecule has 2 atom stereocenters. The summed E-state index contributed by atoms with van der Waals surface area (Å²) in [7, 11) is 0. The number of imide groups is 1. The van der Waals surface area contributed by atoms with Crippen LogP contribution in [0.5, 0.6) is 0 Å². The van der Waals surface area contributed by atoms with Crippen molar-refractivity contribution >= 4 is 29.2 Å². The van der Waals surface area contributed by atoms with Crippen molar-refractivity contribution in [3.63, 3.8) is 0 Å². The van der Waals surface area contributed by atoms with Crippen molar-refractivity contribution < 1.29 is 24.2 Å². The van der Waals surface area contributed by atoms with Crippen molar-refractivity contribution in [3.05, 3.63) is 35.9 Å². The van der Waals surface area contributed by atoms with Gasteiger partial charge in [0.15, 0.2) is 0 Å². The molecular weight excluding hydrogens is 336 g/mol. The third-order valence-corrected chi connectivity index (χ3v) is 5.32. The molecule has 4 rings (SSSR count). The molecule has 3 aliphatic rings. The Kier molecular flexibility index (Phi) is 4.24. The van der Waals surface area contributed by atoms with Crippen LogP contribution < -0.4 is 14.9 Å². The number of carbonyl (C=O) groups excluding carboxylic acids is 3. The number of carboxylic acids is 1. The second-order valence-corrected chi connectivity index (χ2v) is 6.76. The molecule has 0 spiro atoms. The van der Waals surface area contributed by atoms with Crippen molar-refractivity contribution in [3.8, 4) is 0 Å². The average molecular weight is 355 g/mol. The molecule has 136 valence electrons. The molecule has 0 radical (unpaired) electrons. The highest BCUT2D eigenvalue weighted by Gasteiger charge is 2.47. The van der Waals surface area contributed by atoms with Crippen molar-refractivity contribution in [1.82, 2.24) is 0 Å². The number of carbonyl (C=O) groups is 3. The Labute approximate surface area is 150 Å². The predicted octanol–water partition coefficient (Wildman–Crippen LogP) is 0.342. The lowest BCUT2D eigenvalue weighted by Gasteiger charge is -2.31. The normalized spacial score (nSPS) is 25.5. The molecule has 0 aromatic heterocycles. The Morgan fingerprint density at radius 1 is 1.04 bits per heavy atom. The fourth-order valence-corrected chi connectivity index (χ4v) is 3.96. The zero-order chi connectivity index (χ0) is 18.3. The van der Waals surface area contributed by atoms with Crippen LogP contribution in [0.25, 0.3) is 0 Å². The molecule has 1 aromatic rings. The second kappa shape index (κ2) is 6.57. The van der Waals surface area contributed by atoms with Crippen LogP contribution in [-0.2, 0) is 14.3 Å². The summed E-state index contributed by atoms with van der Waals surface area (Å²) < 4.78 is 5.30. The summed E-state index contributed by atoms with van der Waals surface area (Å²) in [6.07, 6.45) is 4.93. The minimum absolute atomic E-state index is 0.0157. The number of nitrogens with zero attached hydrogens (tertiary/aromatic N) is 2. The maximum Gasteiger partial charge on any atom is 0.238 e. The summed E-state index contributed by atoms with van der Waals surface area (Å²) in [5.74, 6) is -2.54. The lowest BCUT2D eigenvalue weighted by molar-refractivity contribution is -0.255. The third-order valence-electron chi connectivity index (χ3n) is 5.32. The van der Waals surface area contributed by atoms with Gasteiger partial charge in [0, 0.05) is 24.3 Å². The van der Waals surface area contributed by atoms with Gasteiger partial charge in [0.05, 0.1) is 36.7 Å². The molecule has 2 aliphatic heterocycles. The van der Waals surface area contributed by atoms with E-state index in [9.17, 15) is 19.5 Å². The highest BCUT2D eigenvalue weighted by atomic mass is 16.5. The molecule has 2 fully saturated rings. The Hall–Kier alpha value is -2.67. The fraction of sp³-hybridized carbons (Fsp3) is 0.421. The molecule has 26 heavy (non-hydrogen) atoms. The minimum Gasteiger partial charge on any atom is -0.545 e. The number of allylic oxidation sites excluding steroid dienone is 2. The van der Waals surface area contributed by atoms with E-state index in [1.54, 1.807) is 12.1 Å². The van der Waals surface area contributed by atoms with E-state index in [0.717, 1.165) is 4.90 Å². The third kappa shape index (κ3) is 2.68. The predicted molar refractivity (Wildman–Crippen MR) is 91.7 cm³/mol. The number of rotatable bonds is 3. The molecule has 2 heterocycles. The number of carboxylic acid groups (broad SMARTS) is 1.